The van der Waals surface area contributed by atoms with Gasteiger partial charge in [0.2, 0.25) is 0 Å². The molecule has 0 aromatic heterocycles. The fourth-order valence-corrected chi connectivity index (χ4v) is 3.83. The Morgan fingerprint density at radius 1 is 1.03 bits per heavy atom. The van der Waals surface area contributed by atoms with Crippen LogP contribution < -0.4 is 14.8 Å². The summed E-state index contributed by atoms with van der Waals surface area (Å²) in [7, 11) is 1.61. The summed E-state index contributed by atoms with van der Waals surface area (Å²) in [5, 5.41) is 4.02. The summed E-state index contributed by atoms with van der Waals surface area (Å²) in [5.74, 6) is 1.26. The van der Waals surface area contributed by atoms with E-state index in [4.69, 9.17) is 21.1 Å². The number of rotatable bonds is 6. The van der Waals surface area contributed by atoms with Gasteiger partial charge in [-0.3, -0.25) is 4.79 Å². The largest absolute Gasteiger partial charge is 0.497 e. The summed E-state index contributed by atoms with van der Waals surface area (Å²) in [6, 6.07) is 22.4. The summed E-state index contributed by atoms with van der Waals surface area (Å²) < 4.78 is 11.1. The lowest BCUT2D eigenvalue weighted by Crippen LogP contribution is -2.19. The highest BCUT2D eigenvalue weighted by atomic mass is 35.5. The van der Waals surface area contributed by atoms with Crippen LogP contribution in [-0.2, 0) is 11.4 Å². The summed E-state index contributed by atoms with van der Waals surface area (Å²) in [6.07, 6.45) is 1.81. The smallest absolute Gasteiger partial charge is 0.264 e. The number of nitrogens with one attached hydrogen (secondary N) is 1. The van der Waals surface area contributed by atoms with E-state index >= 15 is 0 Å². The van der Waals surface area contributed by atoms with E-state index in [1.54, 1.807) is 7.11 Å². The highest BCUT2D eigenvalue weighted by Crippen LogP contribution is 2.31. The SMILES string of the molecule is COc1ccc(N=C2NC(=O)/C(=C\c3ccccc3OCc3ccc(Cl)cc3)S2)cc1. The standard InChI is InChI=1S/C24H19ClN2O3S/c1-29-20-12-10-19(11-13-20)26-24-27-23(28)22(31-24)14-17-4-2-3-5-21(17)30-15-16-6-8-18(25)9-7-16/h2-14H,15H2,1H3,(H,26,27,28)/b22-14+. The maximum atomic E-state index is 12.4. The number of hydrogen-bond acceptors (Lipinski definition) is 5. The second-order valence-corrected chi connectivity index (χ2v) is 8.10. The second kappa shape index (κ2) is 9.73. The highest BCUT2D eigenvalue weighted by molar-refractivity contribution is 8.18. The number of amidine groups is 1. The molecule has 1 amide bonds. The van der Waals surface area contributed by atoms with Gasteiger partial charge in [-0.05, 0) is 65.9 Å². The zero-order valence-electron chi connectivity index (χ0n) is 16.7. The number of thioether (sulfide) groups is 1. The molecule has 0 bridgehead atoms. The fourth-order valence-electron chi connectivity index (χ4n) is 2.87. The maximum Gasteiger partial charge on any atom is 0.264 e. The molecule has 5 nitrogen and oxygen atoms in total. The molecule has 31 heavy (non-hydrogen) atoms. The van der Waals surface area contributed by atoms with Crippen molar-refractivity contribution in [3.63, 3.8) is 0 Å². The topological polar surface area (TPSA) is 59.9 Å². The van der Waals surface area contributed by atoms with Crippen LogP contribution in [-0.4, -0.2) is 18.2 Å². The molecule has 0 radical (unpaired) electrons. The molecule has 1 fully saturated rings. The maximum absolute atomic E-state index is 12.4. The van der Waals surface area contributed by atoms with Gasteiger partial charge in [0.1, 0.15) is 18.1 Å². The minimum absolute atomic E-state index is 0.190. The molecule has 3 aromatic rings. The predicted octanol–water partition coefficient (Wildman–Crippen LogP) is 5.82. The number of ether oxygens (including phenoxy) is 2. The number of hydrogen-bond donors (Lipinski definition) is 1. The van der Waals surface area contributed by atoms with Crippen LogP contribution in [0.15, 0.2) is 82.7 Å². The first-order chi connectivity index (χ1) is 15.1. The summed E-state index contributed by atoms with van der Waals surface area (Å²) in [5.41, 5.74) is 2.56. The predicted molar refractivity (Wildman–Crippen MR) is 126 cm³/mol. The third-order valence-corrected chi connectivity index (χ3v) is 5.63. The second-order valence-electron chi connectivity index (χ2n) is 6.63. The van der Waals surface area contributed by atoms with Crippen LogP contribution in [0.25, 0.3) is 6.08 Å². The van der Waals surface area contributed by atoms with E-state index in [9.17, 15) is 4.79 Å². The van der Waals surface area contributed by atoms with Crippen molar-refractivity contribution in [2.45, 2.75) is 6.61 Å². The van der Waals surface area contributed by atoms with Crippen LogP contribution in [0.5, 0.6) is 11.5 Å². The van der Waals surface area contributed by atoms with Crippen LogP contribution >= 0.6 is 23.4 Å². The Kier molecular flexibility index (Phi) is 6.60. The van der Waals surface area contributed by atoms with Crippen molar-refractivity contribution in [2.24, 2.45) is 4.99 Å². The molecule has 1 heterocycles. The number of nitrogens with zero attached hydrogens (tertiary/aromatic N) is 1. The average molecular weight is 451 g/mol. The number of carbonyl (C=O) groups is 1. The normalized spacial score (nSPS) is 15.9. The first-order valence-corrected chi connectivity index (χ1v) is 10.7. The van der Waals surface area contributed by atoms with Gasteiger partial charge in [-0.15, -0.1) is 0 Å². The quantitative estimate of drug-likeness (QED) is 0.481. The van der Waals surface area contributed by atoms with Crippen LogP contribution in [0.4, 0.5) is 5.69 Å². The molecule has 1 saturated heterocycles. The van der Waals surface area contributed by atoms with Crippen LogP contribution in [0.3, 0.4) is 0 Å². The minimum Gasteiger partial charge on any atom is -0.497 e. The molecule has 0 unspecified atom stereocenters. The van der Waals surface area contributed by atoms with Gasteiger partial charge in [0.25, 0.3) is 5.91 Å². The molecule has 0 atom stereocenters. The number of para-hydroxylation sites is 1. The Bertz CT molecular complexity index is 1140. The lowest BCUT2D eigenvalue weighted by Gasteiger charge is -2.09. The number of amides is 1. The highest BCUT2D eigenvalue weighted by Gasteiger charge is 2.24. The molecule has 7 heteroatoms. The van der Waals surface area contributed by atoms with Gasteiger partial charge in [-0.2, -0.15) is 0 Å². The molecular weight excluding hydrogens is 432 g/mol. The van der Waals surface area contributed by atoms with Gasteiger partial charge in [-0.1, -0.05) is 41.9 Å². The van der Waals surface area contributed by atoms with Crippen LogP contribution in [0, 0.1) is 0 Å². The van der Waals surface area contributed by atoms with E-state index in [0.717, 1.165) is 22.6 Å². The molecule has 156 valence electrons. The molecule has 1 aliphatic rings. The molecule has 0 spiro atoms. The Labute approximate surface area is 189 Å². The van der Waals surface area contributed by atoms with E-state index < -0.39 is 0 Å². The number of benzene rings is 3. The van der Waals surface area contributed by atoms with Crippen molar-refractivity contribution in [3.05, 3.63) is 93.9 Å². The number of carbonyl (C=O) groups excluding carboxylic acids is 1. The number of halogens is 1. The van der Waals surface area contributed by atoms with E-state index in [-0.39, 0.29) is 5.91 Å². The van der Waals surface area contributed by atoms with E-state index in [0.29, 0.717) is 27.5 Å². The van der Waals surface area contributed by atoms with Crippen LogP contribution in [0.2, 0.25) is 5.02 Å². The van der Waals surface area contributed by atoms with Crippen molar-refractivity contribution < 1.29 is 14.3 Å². The Morgan fingerprint density at radius 3 is 2.52 bits per heavy atom. The first kappa shape index (κ1) is 21.0. The zero-order chi connectivity index (χ0) is 21.6. The van der Waals surface area contributed by atoms with E-state index in [2.05, 4.69) is 10.3 Å². The van der Waals surface area contributed by atoms with Gasteiger partial charge in [0.05, 0.1) is 17.7 Å². The van der Waals surface area contributed by atoms with Gasteiger partial charge < -0.3 is 14.8 Å². The number of aliphatic imine (C=N–C) groups is 1. The van der Waals surface area contributed by atoms with E-state index in [1.807, 2.05) is 78.9 Å². The third kappa shape index (κ3) is 5.48. The zero-order valence-corrected chi connectivity index (χ0v) is 18.2. The van der Waals surface area contributed by atoms with Gasteiger partial charge in [0, 0.05) is 10.6 Å². The monoisotopic (exact) mass is 450 g/mol. The molecule has 0 aliphatic carbocycles. The molecule has 0 saturated carbocycles. The average Bonchev–Trinajstić information content (AvgIpc) is 3.13. The number of methoxy groups -OCH3 is 1. The molecular formula is C24H19ClN2O3S. The summed E-state index contributed by atoms with van der Waals surface area (Å²) in [4.78, 5) is 17.5. The molecule has 3 aromatic carbocycles. The van der Waals surface area contributed by atoms with Crippen molar-refractivity contribution in [1.29, 1.82) is 0 Å². The molecule has 4 rings (SSSR count). The van der Waals surface area contributed by atoms with Gasteiger partial charge in [-0.25, -0.2) is 4.99 Å². The van der Waals surface area contributed by atoms with Crippen molar-refractivity contribution >= 4 is 46.2 Å². The lowest BCUT2D eigenvalue weighted by atomic mass is 10.2. The summed E-state index contributed by atoms with van der Waals surface area (Å²) >= 11 is 7.23. The van der Waals surface area contributed by atoms with Crippen molar-refractivity contribution in [1.82, 2.24) is 5.32 Å². The van der Waals surface area contributed by atoms with Gasteiger partial charge in [0.15, 0.2) is 5.17 Å². The van der Waals surface area contributed by atoms with Crippen LogP contribution in [0.1, 0.15) is 11.1 Å². The molecule has 1 N–H and O–H groups in total. The fraction of sp³-hybridized carbons (Fsp3) is 0.0833. The Hall–Kier alpha value is -3.22. The Balaban J connectivity index is 1.49. The first-order valence-electron chi connectivity index (χ1n) is 9.50. The third-order valence-electron chi connectivity index (χ3n) is 4.47. The van der Waals surface area contributed by atoms with Crippen molar-refractivity contribution in [2.75, 3.05) is 7.11 Å². The molecule has 1 aliphatic heterocycles. The van der Waals surface area contributed by atoms with E-state index in [1.165, 1.54) is 11.8 Å². The minimum atomic E-state index is -0.190. The Morgan fingerprint density at radius 2 is 1.77 bits per heavy atom. The summed E-state index contributed by atoms with van der Waals surface area (Å²) in [6.45, 7) is 0.404. The van der Waals surface area contributed by atoms with Crippen molar-refractivity contribution in [3.8, 4) is 11.5 Å². The lowest BCUT2D eigenvalue weighted by molar-refractivity contribution is -0.115. The van der Waals surface area contributed by atoms with Gasteiger partial charge >= 0.3 is 0 Å².